The third-order valence-corrected chi connectivity index (χ3v) is 7.54. The molecule has 2 heterocycles. The zero-order chi connectivity index (χ0) is 25.1. The van der Waals surface area contributed by atoms with E-state index >= 15 is 0 Å². The number of hydrogen-bond donors (Lipinski definition) is 2. The van der Waals surface area contributed by atoms with Crippen LogP contribution in [0.25, 0.3) is 10.8 Å². The molecule has 1 fully saturated rings. The number of imide groups is 1. The van der Waals surface area contributed by atoms with Gasteiger partial charge in [-0.3, -0.25) is 14.5 Å². The van der Waals surface area contributed by atoms with Gasteiger partial charge in [-0.25, -0.2) is 0 Å². The van der Waals surface area contributed by atoms with Crippen LogP contribution in [0.15, 0.2) is 60.7 Å². The minimum atomic E-state index is -0.533. The maximum Gasteiger partial charge on any atom is 0.261 e. The first-order chi connectivity index (χ1) is 17.5. The predicted octanol–water partition coefficient (Wildman–Crippen LogP) is 3.12. The lowest BCUT2D eigenvalue weighted by molar-refractivity contribution is -0.909. The zero-order valence-corrected chi connectivity index (χ0v) is 20.9. The monoisotopic (exact) mass is 487 g/mol. The summed E-state index contributed by atoms with van der Waals surface area (Å²) in [5.41, 5.74) is 2.54. The molecule has 0 saturated carbocycles. The number of carbonyl (C=O) groups is 2. The molecule has 36 heavy (non-hydrogen) atoms. The fraction of sp³-hybridized carbons (Fsp3) is 0.400. The number of hydrogen-bond acceptors (Lipinski definition) is 4. The highest BCUT2D eigenvalue weighted by atomic mass is 16.5. The Morgan fingerprint density at radius 2 is 1.61 bits per heavy atom. The van der Waals surface area contributed by atoms with Crippen LogP contribution in [-0.4, -0.2) is 60.7 Å². The lowest BCUT2D eigenvalue weighted by Gasteiger charge is -2.34. The zero-order valence-electron chi connectivity index (χ0n) is 20.9. The number of carbonyl (C=O) groups excluding carboxylic acids is 2. The third-order valence-electron chi connectivity index (χ3n) is 7.54. The van der Waals surface area contributed by atoms with Crippen molar-refractivity contribution < 1.29 is 24.3 Å². The van der Waals surface area contributed by atoms with E-state index in [0.29, 0.717) is 24.2 Å². The van der Waals surface area contributed by atoms with E-state index in [1.807, 2.05) is 48.5 Å². The number of aliphatic hydroxyl groups is 1. The molecule has 0 radical (unpaired) electrons. The molecule has 5 rings (SSSR count). The number of nitrogens with zero attached hydrogens (tertiary/aromatic N) is 1. The molecule has 0 bridgehead atoms. The number of likely N-dealkylation sites (tertiary alicyclic amines) is 1. The molecule has 1 saturated heterocycles. The largest absolute Gasteiger partial charge is 0.491 e. The molecule has 0 spiro atoms. The number of amides is 2. The van der Waals surface area contributed by atoms with Crippen molar-refractivity contribution in [2.45, 2.75) is 38.7 Å². The van der Waals surface area contributed by atoms with Crippen LogP contribution in [0.1, 0.15) is 52.5 Å². The van der Waals surface area contributed by atoms with Gasteiger partial charge in [-0.2, -0.15) is 0 Å². The number of nitrogens with one attached hydrogen (secondary N) is 1. The Kier molecular flexibility index (Phi) is 7.35. The lowest BCUT2D eigenvalue weighted by Crippen LogP contribution is -3.14. The quantitative estimate of drug-likeness (QED) is 0.455. The van der Waals surface area contributed by atoms with Crippen LogP contribution in [0, 0.1) is 5.92 Å². The van der Waals surface area contributed by atoms with E-state index in [-0.39, 0.29) is 24.3 Å². The molecule has 2 aliphatic heterocycles. The number of piperidine rings is 1. The van der Waals surface area contributed by atoms with E-state index in [4.69, 9.17) is 4.74 Å². The summed E-state index contributed by atoms with van der Waals surface area (Å²) in [6.45, 7) is 5.36. The molecule has 1 atom stereocenters. The van der Waals surface area contributed by atoms with Crippen LogP contribution in [0.2, 0.25) is 0 Å². The Bertz CT molecular complexity index is 1180. The second-order valence-electron chi connectivity index (χ2n) is 10.2. The van der Waals surface area contributed by atoms with E-state index in [2.05, 4.69) is 19.1 Å². The van der Waals surface area contributed by atoms with Gasteiger partial charge in [-0.15, -0.1) is 0 Å². The molecule has 6 heteroatoms. The van der Waals surface area contributed by atoms with E-state index in [1.54, 1.807) is 0 Å². The first-order valence-electron chi connectivity index (χ1n) is 13.1. The average molecular weight is 488 g/mol. The Hall–Kier alpha value is -3.22. The third kappa shape index (κ3) is 5.15. The number of quaternary nitrogens is 1. The van der Waals surface area contributed by atoms with Crippen molar-refractivity contribution in [2.75, 3.05) is 32.8 Å². The van der Waals surface area contributed by atoms with Crippen molar-refractivity contribution in [3.63, 3.8) is 0 Å². The van der Waals surface area contributed by atoms with Gasteiger partial charge in [-0.05, 0) is 47.6 Å². The van der Waals surface area contributed by atoms with Gasteiger partial charge >= 0.3 is 0 Å². The average Bonchev–Trinajstić information content (AvgIpc) is 2.90. The number of aliphatic hydroxyl groups excluding tert-OH is 1. The van der Waals surface area contributed by atoms with Gasteiger partial charge in [0.2, 0.25) is 0 Å². The van der Waals surface area contributed by atoms with Crippen LogP contribution < -0.4 is 9.64 Å². The summed E-state index contributed by atoms with van der Waals surface area (Å²) in [6, 6.07) is 19.4. The predicted molar refractivity (Wildman–Crippen MR) is 140 cm³/mol. The topological polar surface area (TPSA) is 71.3 Å². The van der Waals surface area contributed by atoms with Crippen LogP contribution >= 0.6 is 0 Å². The van der Waals surface area contributed by atoms with Crippen molar-refractivity contribution in [2.24, 2.45) is 5.92 Å². The Labute approximate surface area is 212 Å². The smallest absolute Gasteiger partial charge is 0.261 e. The van der Waals surface area contributed by atoms with E-state index in [0.717, 1.165) is 55.3 Å². The summed E-state index contributed by atoms with van der Waals surface area (Å²) in [5, 5.41) is 12.2. The molecule has 2 amide bonds. The molecule has 2 aliphatic rings. The van der Waals surface area contributed by atoms with Gasteiger partial charge in [-0.1, -0.05) is 49.7 Å². The summed E-state index contributed by atoms with van der Waals surface area (Å²) < 4.78 is 5.80. The van der Waals surface area contributed by atoms with Crippen molar-refractivity contribution in [1.82, 2.24) is 4.90 Å². The summed E-state index contributed by atoms with van der Waals surface area (Å²) in [7, 11) is 0. The van der Waals surface area contributed by atoms with E-state index < -0.39 is 6.10 Å². The Balaban J connectivity index is 1.11. The lowest BCUT2D eigenvalue weighted by atomic mass is 9.91. The number of benzene rings is 3. The van der Waals surface area contributed by atoms with Crippen molar-refractivity contribution in [3.8, 4) is 5.75 Å². The van der Waals surface area contributed by atoms with Crippen LogP contribution in [0.4, 0.5) is 0 Å². The Morgan fingerprint density at radius 1 is 0.972 bits per heavy atom. The fourth-order valence-corrected chi connectivity index (χ4v) is 5.60. The SMILES string of the molecule is CCCc1ccc(OC[C@@H](O)C[NH+]2CCC(CN3C(=O)c4cccc5cccc(c45)C3=O)CC2)cc1. The van der Waals surface area contributed by atoms with Crippen LogP contribution in [0.5, 0.6) is 5.75 Å². The van der Waals surface area contributed by atoms with Crippen LogP contribution in [0.3, 0.4) is 0 Å². The second-order valence-corrected chi connectivity index (χ2v) is 10.2. The highest BCUT2D eigenvalue weighted by Crippen LogP contribution is 2.31. The summed E-state index contributed by atoms with van der Waals surface area (Å²) in [5.74, 6) is 0.695. The summed E-state index contributed by atoms with van der Waals surface area (Å²) >= 11 is 0. The summed E-state index contributed by atoms with van der Waals surface area (Å²) in [6.07, 6.45) is 3.49. The van der Waals surface area contributed by atoms with Crippen molar-refractivity contribution in [3.05, 3.63) is 77.4 Å². The highest BCUT2D eigenvalue weighted by molar-refractivity contribution is 6.25. The normalized spacial score (nSPS) is 20.6. The molecule has 2 N–H and O–H groups in total. The fourth-order valence-electron chi connectivity index (χ4n) is 5.60. The molecular formula is C30H35N2O4+. The summed E-state index contributed by atoms with van der Waals surface area (Å²) in [4.78, 5) is 29.2. The van der Waals surface area contributed by atoms with Gasteiger partial charge in [0.05, 0.1) is 13.1 Å². The molecule has 0 aromatic heterocycles. The minimum Gasteiger partial charge on any atom is -0.491 e. The molecule has 0 aliphatic carbocycles. The molecule has 3 aromatic carbocycles. The first-order valence-corrected chi connectivity index (χ1v) is 13.1. The standard InChI is InChI=1S/C30H34N2O4/c1-2-5-21-10-12-25(13-11-21)36-20-24(33)19-31-16-14-22(15-17-31)18-32-29(34)26-8-3-6-23-7-4-9-27(28(23)26)30(32)35/h3-4,6-13,22,24,33H,2,5,14-20H2,1H3/p+1/t24-/m0/s1. The molecule has 188 valence electrons. The van der Waals surface area contributed by atoms with Gasteiger partial charge in [0.1, 0.15) is 25.0 Å². The number of ether oxygens (including phenoxy) is 1. The maximum absolute atomic E-state index is 13.2. The number of rotatable bonds is 9. The first kappa shape index (κ1) is 24.5. The van der Waals surface area contributed by atoms with Gasteiger partial charge < -0.3 is 14.7 Å². The van der Waals surface area contributed by atoms with Gasteiger partial charge in [0.25, 0.3) is 11.8 Å². The second kappa shape index (κ2) is 10.8. The van der Waals surface area contributed by atoms with Crippen molar-refractivity contribution in [1.29, 1.82) is 0 Å². The Morgan fingerprint density at radius 3 is 2.22 bits per heavy atom. The van der Waals surface area contributed by atoms with E-state index in [9.17, 15) is 14.7 Å². The van der Waals surface area contributed by atoms with Crippen molar-refractivity contribution >= 4 is 22.6 Å². The molecule has 0 unspecified atom stereocenters. The number of aryl methyl sites for hydroxylation is 1. The molecule has 6 nitrogen and oxygen atoms in total. The van der Waals surface area contributed by atoms with E-state index in [1.165, 1.54) is 15.4 Å². The highest BCUT2D eigenvalue weighted by Gasteiger charge is 2.35. The maximum atomic E-state index is 13.2. The van der Waals surface area contributed by atoms with Gasteiger partial charge in [0, 0.05) is 35.9 Å². The minimum absolute atomic E-state index is 0.186. The molecule has 3 aromatic rings. The van der Waals surface area contributed by atoms with Gasteiger partial charge in [0.15, 0.2) is 0 Å². The molecular weight excluding hydrogens is 452 g/mol. The van der Waals surface area contributed by atoms with Crippen LogP contribution in [-0.2, 0) is 6.42 Å².